The summed E-state index contributed by atoms with van der Waals surface area (Å²) in [5, 5.41) is 0. The number of hydrogen-bond acceptors (Lipinski definition) is 1. The fraction of sp³-hybridized carbons (Fsp3) is 0.579. The molecule has 1 nitrogen and oxygen atoms in total. The van der Waals surface area contributed by atoms with E-state index in [2.05, 4.69) is 32.2 Å². The van der Waals surface area contributed by atoms with Gasteiger partial charge in [0.1, 0.15) is 0 Å². The van der Waals surface area contributed by atoms with Gasteiger partial charge >= 0.3 is 0 Å². The van der Waals surface area contributed by atoms with E-state index in [4.69, 9.17) is 5.73 Å². The van der Waals surface area contributed by atoms with E-state index in [0.717, 1.165) is 12.8 Å². The van der Waals surface area contributed by atoms with E-state index in [1.54, 1.807) is 0 Å². The van der Waals surface area contributed by atoms with Crippen molar-refractivity contribution in [1.29, 1.82) is 0 Å². The van der Waals surface area contributed by atoms with Gasteiger partial charge in [-0.2, -0.15) is 0 Å². The van der Waals surface area contributed by atoms with E-state index in [1.807, 2.05) is 6.08 Å². The molecule has 0 saturated heterocycles. The first-order chi connectivity index (χ1) is 9.67. The van der Waals surface area contributed by atoms with Crippen LogP contribution in [0.4, 0.5) is 0 Å². The Morgan fingerprint density at radius 2 is 2.10 bits per heavy atom. The highest BCUT2D eigenvalue weighted by atomic mass is 14.7. The molecule has 0 aromatic heterocycles. The van der Waals surface area contributed by atoms with Crippen molar-refractivity contribution in [3.05, 3.63) is 48.1 Å². The molecule has 2 aliphatic carbocycles. The smallest absolute Gasteiger partial charge is 0.0288 e. The van der Waals surface area contributed by atoms with E-state index in [0.29, 0.717) is 11.8 Å². The molecular formula is C19H29N. The second-order valence-corrected chi connectivity index (χ2v) is 6.26. The Balaban J connectivity index is 1.99. The Morgan fingerprint density at radius 1 is 1.40 bits per heavy atom. The molecule has 0 aromatic rings. The van der Waals surface area contributed by atoms with Crippen LogP contribution in [0.5, 0.6) is 0 Å². The third kappa shape index (κ3) is 3.32. The molecule has 0 radical (unpaired) electrons. The summed E-state index contributed by atoms with van der Waals surface area (Å²) in [7, 11) is 0. The summed E-state index contributed by atoms with van der Waals surface area (Å²) in [5.74, 6) is 1.30. The maximum atomic E-state index is 6.61. The molecule has 2 aliphatic rings. The van der Waals surface area contributed by atoms with E-state index >= 15 is 0 Å². The van der Waals surface area contributed by atoms with Gasteiger partial charge in [-0.15, -0.1) is 0 Å². The van der Waals surface area contributed by atoms with Gasteiger partial charge in [0.15, 0.2) is 0 Å². The molecule has 2 N–H and O–H groups in total. The third-order valence-electron chi connectivity index (χ3n) is 5.16. The largest absolute Gasteiger partial charge is 0.324 e. The summed E-state index contributed by atoms with van der Waals surface area (Å²) in [6, 6.07) is 0.271. The van der Waals surface area contributed by atoms with E-state index < -0.39 is 0 Å². The van der Waals surface area contributed by atoms with Crippen LogP contribution in [0.25, 0.3) is 0 Å². The fourth-order valence-corrected chi connectivity index (χ4v) is 3.76. The Labute approximate surface area is 124 Å². The molecule has 1 saturated carbocycles. The predicted octanol–water partition coefficient (Wildman–Crippen LogP) is 4.92. The fourth-order valence-electron chi connectivity index (χ4n) is 3.76. The SMILES string of the molecule is C=CC(=C)C1CCC(C(N)C2=C(CC)C=CCC2)CC1. The molecule has 20 heavy (non-hydrogen) atoms. The first kappa shape index (κ1) is 15.3. The Kier molecular flexibility index (Phi) is 5.42. The van der Waals surface area contributed by atoms with Gasteiger partial charge in [0.25, 0.3) is 0 Å². The summed E-state index contributed by atoms with van der Waals surface area (Å²) in [6.07, 6.45) is 14.9. The van der Waals surface area contributed by atoms with Crippen molar-refractivity contribution in [3.8, 4) is 0 Å². The first-order valence-electron chi connectivity index (χ1n) is 8.12. The topological polar surface area (TPSA) is 26.0 Å². The van der Waals surface area contributed by atoms with Gasteiger partial charge in [-0.1, -0.05) is 43.9 Å². The van der Waals surface area contributed by atoms with Crippen LogP contribution in [0.15, 0.2) is 48.1 Å². The van der Waals surface area contributed by atoms with Gasteiger partial charge in [0.2, 0.25) is 0 Å². The van der Waals surface area contributed by atoms with Crippen molar-refractivity contribution >= 4 is 0 Å². The monoisotopic (exact) mass is 271 g/mol. The van der Waals surface area contributed by atoms with Gasteiger partial charge in [-0.25, -0.2) is 0 Å². The van der Waals surface area contributed by atoms with Crippen LogP contribution < -0.4 is 5.73 Å². The standard InChI is InChI=1S/C19H29N/c1-4-14(3)16-10-12-17(13-11-16)19(20)18-9-7-6-8-15(18)5-2/h4,6,8,16-17,19H,1,3,5,7,9-13,20H2,2H3. The highest BCUT2D eigenvalue weighted by Gasteiger charge is 2.29. The molecule has 0 aliphatic heterocycles. The second-order valence-electron chi connectivity index (χ2n) is 6.26. The molecule has 0 aromatic carbocycles. The molecule has 2 rings (SSSR count). The first-order valence-corrected chi connectivity index (χ1v) is 8.12. The van der Waals surface area contributed by atoms with Gasteiger partial charge in [-0.3, -0.25) is 0 Å². The van der Waals surface area contributed by atoms with Gasteiger partial charge in [-0.05, 0) is 67.9 Å². The summed E-state index contributed by atoms with van der Waals surface area (Å²) in [5.41, 5.74) is 10.8. The van der Waals surface area contributed by atoms with Crippen molar-refractivity contribution in [3.63, 3.8) is 0 Å². The highest BCUT2D eigenvalue weighted by Crippen LogP contribution is 2.37. The quantitative estimate of drug-likeness (QED) is 0.706. The molecule has 0 bridgehead atoms. The van der Waals surface area contributed by atoms with Crippen molar-refractivity contribution in [2.75, 3.05) is 0 Å². The zero-order valence-corrected chi connectivity index (χ0v) is 12.9. The Hall–Kier alpha value is -1.08. The summed E-state index contributed by atoms with van der Waals surface area (Å²) in [6.45, 7) is 10.2. The Morgan fingerprint density at radius 3 is 2.70 bits per heavy atom. The molecule has 1 heteroatoms. The van der Waals surface area contributed by atoms with Crippen molar-refractivity contribution in [1.82, 2.24) is 0 Å². The van der Waals surface area contributed by atoms with Gasteiger partial charge < -0.3 is 5.73 Å². The van der Waals surface area contributed by atoms with Crippen LogP contribution in [0, 0.1) is 11.8 Å². The average Bonchev–Trinajstić information content (AvgIpc) is 2.53. The lowest BCUT2D eigenvalue weighted by Gasteiger charge is -2.35. The second kappa shape index (κ2) is 7.08. The molecule has 1 atom stereocenters. The van der Waals surface area contributed by atoms with E-state index in [-0.39, 0.29) is 6.04 Å². The zero-order chi connectivity index (χ0) is 14.5. The molecule has 1 fully saturated rings. The summed E-state index contributed by atoms with van der Waals surface area (Å²) < 4.78 is 0. The summed E-state index contributed by atoms with van der Waals surface area (Å²) in [4.78, 5) is 0. The van der Waals surface area contributed by atoms with Crippen LogP contribution in [0.2, 0.25) is 0 Å². The van der Waals surface area contributed by atoms with Crippen LogP contribution in [0.1, 0.15) is 51.9 Å². The zero-order valence-electron chi connectivity index (χ0n) is 12.9. The molecule has 1 unspecified atom stereocenters. The lowest BCUT2D eigenvalue weighted by Crippen LogP contribution is -2.36. The van der Waals surface area contributed by atoms with Gasteiger partial charge in [0.05, 0.1) is 0 Å². The van der Waals surface area contributed by atoms with Gasteiger partial charge in [0, 0.05) is 6.04 Å². The normalized spacial score (nSPS) is 28.3. The highest BCUT2D eigenvalue weighted by molar-refractivity contribution is 5.33. The van der Waals surface area contributed by atoms with Crippen molar-refractivity contribution in [2.24, 2.45) is 17.6 Å². The third-order valence-corrected chi connectivity index (χ3v) is 5.16. The number of allylic oxidation sites excluding steroid dienone is 5. The minimum absolute atomic E-state index is 0.271. The molecule has 0 spiro atoms. The average molecular weight is 271 g/mol. The maximum absolute atomic E-state index is 6.61. The van der Waals surface area contributed by atoms with E-state index in [1.165, 1.54) is 48.8 Å². The van der Waals surface area contributed by atoms with Crippen LogP contribution >= 0.6 is 0 Å². The van der Waals surface area contributed by atoms with Crippen LogP contribution in [-0.4, -0.2) is 6.04 Å². The number of hydrogen-bond donors (Lipinski definition) is 1. The lowest BCUT2D eigenvalue weighted by atomic mass is 9.73. The number of nitrogens with two attached hydrogens (primary N) is 1. The maximum Gasteiger partial charge on any atom is 0.0288 e. The van der Waals surface area contributed by atoms with Crippen LogP contribution in [-0.2, 0) is 0 Å². The van der Waals surface area contributed by atoms with Crippen molar-refractivity contribution in [2.45, 2.75) is 57.9 Å². The molecule has 0 amide bonds. The number of rotatable bonds is 5. The minimum Gasteiger partial charge on any atom is -0.324 e. The van der Waals surface area contributed by atoms with Crippen LogP contribution in [0.3, 0.4) is 0 Å². The van der Waals surface area contributed by atoms with E-state index in [9.17, 15) is 0 Å². The minimum atomic E-state index is 0.271. The van der Waals surface area contributed by atoms with Crippen molar-refractivity contribution < 1.29 is 0 Å². The Bertz CT molecular complexity index is 419. The molecule has 0 heterocycles. The summed E-state index contributed by atoms with van der Waals surface area (Å²) >= 11 is 0. The molecular weight excluding hydrogens is 242 g/mol. The molecule has 110 valence electrons. The predicted molar refractivity (Wildman–Crippen MR) is 88.5 cm³/mol. The lowest BCUT2D eigenvalue weighted by molar-refractivity contribution is 0.278.